The lowest BCUT2D eigenvalue weighted by Gasteiger charge is -2.13. The molecule has 6 nitrogen and oxygen atoms in total. The van der Waals surface area contributed by atoms with Crippen LogP contribution in [0.2, 0.25) is 0 Å². The van der Waals surface area contributed by atoms with Crippen molar-refractivity contribution in [1.82, 2.24) is 5.32 Å². The maximum absolute atomic E-state index is 12.1. The number of carbonyl (C=O) groups excluding carboxylic acids is 1. The molecule has 0 spiro atoms. The molecule has 0 aliphatic carbocycles. The number of carbonyl (C=O) groups is 1. The Morgan fingerprint density at radius 1 is 1.04 bits per heavy atom. The van der Waals surface area contributed by atoms with Gasteiger partial charge in [0.2, 0.25) is 0 Å². The zero-order chi connectivity index (χ0) is 19.5. The average Bonchev–Trinajstić information content (AvgIpc) is 2.69. The van der Waals surface area contributed by atoms with Crippen LogP contribution in [0.1, 0.15) is 25.3 Å². The van der Waals surface area contributed by atoms with Crippen LogP contribution in [0.4, 0.5) is 10.5 Å². The van der Waals surface area contributed by atoms with Crippen molar-refractivity contribution >= 4 is 11.7 Å². The van der Waals surface area contributed by atoms with E-state index in [1.807, 2.05) is 42.5 Å². The second-order valence-corrected chi connectivity index (χ2v) is 6.01. The molecule has 2 amide bonds. The van der Waals surface area contributed by atoms with Gasteiger partial charge in [-0.15, -0.1) is 0 Å². The van der Waals surface area contributed by atoms with Gasteiger partial charge in [0.25, 0.3) is 0 Å². The Morgan fingerprint density at radius 2 is 1.81 bits per heavy atom. The lowest BCUT2D eigenvalue weighted by molar-refractivity contribution is 0.252. The fourth-order valence-electron chi connectivity index (χ4n) is 2.61. The Bertz CT molecular complexity index is 717. The highest BCUT2D eigenvalue weighted by Gasteiger charge is 2.09. The Morgan fingerprint density at radius 3 is 2.48 bits per heavy atom. The SMILES string of the molecule is CCCCOc1ccc(NC(=O)NCCc2cccc(OC)c2OC)cc1. The van der Waals surface area contributed by atoms with E-state index in [0.717, 1.165) is 24.2 Å². The van der Waals surface area contributed by atoms with Gasteiger partial charge in [-0.25, -0.2) is 4.79 Å². The van der Waals surface area contributed by atoms with Crippen LogP contribution in [0.5, 0.6) is 17.2 Å². The summed E-state index contributed by atoms with van der Waals surface area (Å²) in [5.74, 6) is 2.18. The number of benzene rings is 2. The first-order valence-corrected chi connectivity index (χ1v) is 9.15. The zero-order valence-corrected chi connectivity index (χ0v) is 16.2. The number of ether oxygens (including phenoxy) is 3. The van der Waals surface area contributed by atoms with Crippen molar-refractivity contribution in [1.29, 1.82) is 0 Å². The first-order chi connectivity index (χ1) is 13.2. The van der Waals surface area contributed by atoms with Crippen LogP contribution in [0.15, 0.2) is 42.5 Å². The summed E-state index contributed by atoms with van der Waals surface area (Å²) in [4.78, 5) is 12.1. The van der Waals surface area contributed by atoms with E-state index in [4.69, 9.17) is 14.2 Å². The fraction of sp³-hybridized carbons (Fsp3) is 0.381. The van der Waals surface area contributed by atoms with E-state index in [1.165, 1.54) is 0 Å². The number of rotatable bonds is 10. The third-order valence-electron chi connectivity index (χ3n) is 4.04. The van der Waals surface area contributed by atoms with Gasteiger partial charge in [0.1, 0.15) is 5.75 Å². The van der Waals surface area contributed by atoms with Crippen LogP contribution in [0, 0.1) is 0 Å². The highest BCUT2D eigenvalue weighted by atomic mass is 16.5. The topological polar surface area (TPSA) is 68.8 Å². The monoisotopic (exact) mass is 372 g/mol. The van der Waals surface area contributed by atoms with E-state index in [9.17, 15) is 4.79 Å². The molecule has 0 heterocycles. The Hall–Kier alpha value is -2.89. The van der Waals surface area contributed by atoms with Crippen LogP contribution in [0.25, 0.3) is 0 Å². The third-order valence-corrected chi connectivity index (χ3v) is 4.04. The molecule has 0 aliphatic rings. The lowest BCUT2D eigenvalue weighted by atomic mass is 10.1. The molecule has 2 N–H and O–H groups in total. The maximum atomic E-state index is 12.1. The number of hydrogen-bond donors (Lipinski definition) is 2. The number of methoxy groups -OCH3 is 2. The number of urea groups is 1. The molecular weight excluding hydrogens is 344 g/mol. The molecule has 0 aliphatic heterocycles. The smallest absolute Gasteiger partial charge is 0.319 e. The van der Waals surface area contributed by atoms with E-state index < -0.39 is 0 Å². The molecule has 2 aromatic rings. The van der Waals surface area contributed by atoms with Gasteiger partial charge in [-0.3, -0.25) is 0 Å². The van der Waals surface area contributed by atoms with Gasteiger partial charge >= 0.3 is 6.03 Å². The van der Waals surface area contributed by atoms with Crippen LogP contribution < -0.4 is 24.8 Å². The van der Waals surface area contributed by atoms with E-state index in [2.05, 4.69) is 17.6 Å². The standard InChI is InChI=1S/C21H28N2O4/c1-4-5-15-27-18-11-9-17(10-12-18)23-21(24)22-14-13-16-7-6-8-19(25-2)20(16)26-3/h6-12H,4-5,13-15H2,1-3H3,(H2,22,23,24). The van der Waals surface area contributed by atoms with Crippen LogP contribution in [0.3, 0.4) is 0 Å². The predicted octanol–water partition coefficient (Wildman–Crippen LogP) is 4.25. The maximum Gasteiger partial charge on any atom is 0.319 e. The van der Waals surface area contributed by atoms with Crippen LogP contribution in [-0.4, -0.2) is 33.4 Å². The number of hydrogen-bond acceptors (Lipinski definition) is 4. The summed E-state index contributed by atoms with van der Waals surface area (Å²) in [7, 11) is 3.21. The van der Waals surface area contributed by atoms with Crippen LogP contribution in [-0.2, 0) is 6.42 Å². The van der Waals surface area contributed by atoms with Gasteiger partial charge in [0, 0.05) is 12.2 Å². The molecule has 27 heavy (non-hydrogen) atoms. The highest BCUT2D eigenvalue weighted by Crippen LogP contribution is 2.30. The molecule has 0 saturated heterocycles. The quantitative estimate of drug-likeness (QED) is 0.612. The van der Waals surface area contributed by atoms with E-state index in [0.29, 0.717) is 36.8 Å². The van der Waals surface area contributed by atoms with Crippen LogP contribution >= 0.6 is 0 Å². The van der Waals surface area contributed by atoms with Gasteiger partial charge in [-0.1, -0.05) is 25.5 Å². The van der Waals surface area contributed by atoms with Crippen molar-refractivity contribution in [3.8, 4) is 17.2 Å². The largest absolute Gasteiger partial charge is 0.494 e. The van der Waals surface area contributed by atoms with Crippen molar-refractivity contribution in [2.24, 2.45) is 0 Å². The van der Waals surface area contributed by atoms with Gasteiger partial charge in [-0.2, -0.15) is 0 Å². The molecule has 0 fully saturated rings. The fourth-order valence-corrected chi connectivity index (χ4v) is 2.61. The van der Waals surface area contributed by atoms with Crippen molar-refractivity contribution in [2.75, 3.05) is 32.7 Å². The molecule has 0 saturated carbocycles. The molecule has 0 unspecified atom stereocenters. The molecule has 0 radical (unpaired) electrons. The molecule has 0 aromatic heterocycles. The van der Waals surface area contributed by atoms with Gasteiger partial charge in [-0.05, 0) is 48.7 Å². The van der Waals surface area contributed by atoms with E-state index in [-0.39, 0.29) is 6.03 Å². The van der Waals surface area contributed by atoms with Crippen molar-refractivity contribution in [2.45, 2.75) is 26.2 Å². The molecule has 6 heteroatoms. The number of anilines is 1. The van der Waals surface area contributed by atoms with Crippen molar-refractivity contribution < 1.29 is 19.0 Å². The number of para-hydroxylation sites is 1. The summed E-state index contributed by atoms with van der Waals surface area (Å²) in [6.07, 6.45) is 2.76. The van der Waals surface area contributed by atoms with Crippen molar-refractivity contribution in [3.05, 3.63) is 48.0 Å². The summed E-state index contributed by atoms with van der Waals surface area (Å²) in [5, 5.41) is 5.66. The van der Waals surface area contributed by atoms with Gasteiger partial charge in [0.05, 0.1) is 20.8 Å². The normalized spacial score (nSPS) is 10.2. The first-order valence-electron chi connectivity index (χ1n) is 9.15. The first kappa shape index (κ1) is 20.4. The minimum Gasteiger partial charge on any atom is -0.494 e. The molecular formula is C21H28N2O4. The minimum atomic E-state index is -0.253. The number of amides is 2. The van der Waals surface area contributed by atoms with Gasteiger partial charge in [0.15, 0.2) is 11.5 Å². The molecule has 2 aromatic carbocycles. The number of nitrogens with one attached hydrogen (secondary N) is 2. The summed E-state index contributed by atoms with van der Waals surface area (Å²) in [5.41, 5.74) is 1.69. The summed E-state index contributed by atoms with van der Waals surface area (Å²) in [6.45, 7) is 3.31. The predicted molar refractivity (Wildman–Crippen MR) is 107 cm³/mol. The highest BCUT2D eigenvalue weighted by molar-refractivity contribution is 5.89. The summed E-state index contributed by atoms with van der Waals surface area (Å²) in [6, 6.07) is 12.8. The number of unbranched alkanes of at least 4 members (excludes halogenated alkanes) is 1. The minimum absolute atomic E-state index is 0.253. The lowest BCUT2D eigenvalue weighted by Crippen LogP contribution is -2.30. The Kier molecular flexibility index (Phi) is 8.29. The van der Waals surface area contributed by atoms with E-state index >= 15 is 0 Å². The average molecular weight is 372 g/mol. The summed E-state index contributed by atoms with van der Waals surface area (Å²) < 4.78 is 16.3. The molecule has 0 bridgehead atoms. The molecule has 146 valence electrons. The third kappa shape index (κ3) is 6.40. The molecule has 0 atom stereocenters. The second-order valence-electron chi connectivity index (χ2n) is 6.01. The Balaban J connectivity index is 1.80. The van der Waals surface area contributed by atoms with E-state index in [1.54, 1.807) is 14.2 Å². The molecule has 2 rings (SSSR count). The second kappa shape index (κ2) is 11.0. The zero-order valence-electron chi connectivity index (χ0n) is 16.2. The van der Waals surface area contributed by atoms with Crippen molar-refractivity contribution in [3.63, 3.8) is 0 Å². The van der Waals surface area contributed by atoms with Gasteiger partial charge < -0.3 is 24.8 Å². The Labute approximate surface area is 160 Å². The summed E-state index contributed by atoms with van der Waals surface area (Å²) >= 11 is 0.